The largest absolute Gasteiger partial charge is 2.00 e. The summed E-state index contributed by atoms with van der Waals surface area (Å²) in [6, 6.07) is 17.5. The molecule has 0 saturated carbocycles. The van der Waals surface area contributed by atoms with Crippen molar-refractivity contribution in [2.24, 2.45) is 23.7 Å². The van der Waals surface area contributed by atoms with Crippen molar-refractivity contribution in [2.45, 2.75) is 235 Å². The molecule has 0 amide bonds. The molecule has 7 aromatic rings. The molecule has 2 aromatic heterocycles. The topological polar surface area (TPSA) is 225 Å². The number of fused-ring (bicyclic) bond motifs is 8. The summed E-state index contributed by atoms with van der Waals surface area (Å²) in [4.78, 5) is 17.7. The van der Waals surface area contributed by atoms with Crippen LogP contribution in [0.5, 0.6) is 0 Å². The zero-order chi connectivity index (χ0) is 76.2. The minimum Gasteiger partial charge on any atom is -0.657 e. The maximum atomic E-state index is 15.0. The van der Waals surface area contributed by atoms with Gasteiger partial charge in [-0.3, -0.25) is 9.97 Å². The summed E-state index contributed by atoms with van der Waals surface area (Å²) in [5, 5.41) is 1.37. The first-order valence-corrected chi connectivity index (χ1v) is 43.7. The number of aromatic nitrogens is 3. The molecule has 20 heteroatoms. The minimum atomic E-state index is -4.12. The Morgan fingerprint density at radius 1 is 0.324 bits per heavy atom. The second-order valence-electron chi connectivity index (χ2n) is 29.4. The molecule has 2 aliphatic rings. The average Bonchev–Trinajstić information content (AvgIpc) is 1.67. The fourth-order valence-corrected chi connectivity index (χ4v) is 22.9. The number of nitrogens with zero attached hydrogens (tertiary/aromatic N) is 3. The molecule has 1 radical (unpaired) electrons. The van der Waals surface area contributed by atoms with Crippen molar-refractivity contribution in [2.75, 3.05) is 26.2 Å². The Labute approximate surface area is 639 Å². The van der Waals surface area contributed by atoms with Crippen LogP contribution in [0.25, 0.3) is 90.6 Å². The van der Waals surface area contributed by atoms with Gasteiger partial charge in [0.1, 0.15) is 0 Å². The van der Waals surface area contributed by atoms with E-state index in [1.165, 1.54) is 0 Å². The van der Waals surface area contributed by atoms with Gasteiger partial charge >= 0.3 is 17.1 Å². The quantitative estimate of drug-likeness (QED) is 0.0229. The van der Waals surface area contributed by atoms with Crippen molar-refractivity contribution in [1.82, 2.24) is 33.8 Å². The van der Waals surface area contributed by atoms with Crippen LogP contribution in [-0.2, 0) is 57.2 Å². The molecule has 0 unspecified atom stereocenters. The van der Waals surface area contributed by atoms with Gasteiger partial charge in [-0.05, 0) is 246 Å². The fourth-order valence-electron chi connectivity index (χ4n) is 16.8. The molecule has 4 N–H and O–H groups in total. The molecule has 5 aromatic carbocycles. The average molecular weight is 1540 g/mol. The van der Waals surface area contributed by atoms with E-state index in [2.05, 4.69) is 80.3 Å². The molecule has 15 nitrogen and oxygen atoms in total. The number of benzene rings is 4. The monoisotopic (exact) mass is 1540 g/mol. The summed E-state index contributed by atoms with van der Waals surface area (Å²) < 4.78 is 132. The van der Waals surface area contributed by atoms with Gasteiger partial charge in [-0.25, -0.2) is 52.6 Å². The predicted molar refractivity (Wildman–Crippen MR) is 433 cm³/mol. The third kappa shape index (κ3) is 17.6. The summed E-state index contributed by atoms with van der Waals surface area (Å²) in [7, 11) is -16.4. The minimum absolute atomic E-state index is 0. The van der Waals surface area contributed by atoms with Gasteiger partial charge in [-0.15, -0.1) is 27.9 Å². The molecule has 0 atom stereocenters. The summed E-state index contributed by atoms with van der Waals surface area (Å²) in [5.74, 6) is 1.41. The number of hydrogen-bond acceptors (Lipinski definition) is 10. The second kappa shape index (κ2) is 34.9. The summed E-state index contributed by atoms with van der Waals surface area (Å²) in [6.45, 7) is 40.7. The summed E-state index contributed by atoms with van der Waals surface area (Å²) in [5.41, 5.74) is 15.2. The van der Waals surface area contributed by atoms with Crippen LogP contribution in [0.15, 0.2) is 74.2 Å². The molecule has 0 saturated heterocycles. The van der Waals surface area contributed by atoms with Crippen LogP contribution in [0.3, 0.4) is 0 Å². The Hall–Kier alpha value is -6.29. The maximum absolute atomic E-state index is 15.0. The SMILES string of the molecule is CCC(CC)CCNS(=O)(=O)c1c(C)cc(C)c(-c2c3nc(c(-c4c(C)cc(C)c(S(=O)(=O)NCCC(CC)CC)c4C)c4ccc([n-]4)c(-c4c(C)cc(C)c(S(=O)(=O)NCCC(CC)CC)c4C)c4nc(c(-c5c(C)cc(C)c(S(=O)(=O)NCCC(CC)CC)c5C)c5ccc2[cH-]5)C=C4)C=C3)c1C.[Mn+2]. The normalized spacial score (nSPS) is 12.9. The first kappa shape index (κ1) is 84.3. The first-order chi connectivity index (χ1) is 49.2. The van der Waals surface area contributed by atoms with Gasteiger partial charge in [0.15, 0.2) is 0 Å². The van der Waals surface area contributed by atoms with Crippen molar-refractivity contribution in [1.29, 1.82) is 0 Å². The number of hydrogen-bond donors (Lipinski definition) is 4. The molecule has 4 heterocycles. The molecule has 8 bridgehead atoms. The van der Waals surface area contributed by atoms with E-state index in [0.717, 1.165) is 73.6 Å². The Morgan fingerprint density at radius 3 is 0.771 bits per heavy atom. The van der Waals surface area contributed by atoms with Crippen LogP contribution in [0.4, 0.5) is 0 Å². The van der Waals surface area contributed by atoms with E-state index in [0.29, 0.717) is 183 Å². The molecular weight excluding hydrogens is 1430 g/mol. The van der Waals surface area contributed by atoms with Gasteiger partial charge in [-0.1, -0.05) is 165 Å². The van der Waals surface area contributed by atoms with Crippen LogP contribution in [-0.4, -0.2) is 69.8 Å². The Bertz CT molecular complexity index is 4520. The van der Waals surface area contributed by atoms with E-state index in [9.17, 15) is 0 Å². The van der Waals surface area contributed by atoms with E-state index in [1.807, 2.05) is 156 Å². The summed E-state index contributed by atoms with van der Waals surface area (Å²) >= 11 is 0. The molecule has 2 aliphatic heterocycles. The van der Waals surface area contributed by atoms with Crippen molar-refractivity contribution >= 4 is 86.2 Å². The van der Waals surface area contributed by atoms with Crippen LogP contribution >= 0.6 is 0 Å². The van der Waals surface area contributed by atoms with E-state index < -0.39 is 40.1 Å². The number of nitrogens with one attached hydrogen (secondary N) is 4. The third-order valence-electron chi connectivity index (χ3n) is 22.5. The van der Waals surface area contributed by atoms with Crippen molar-refractivity contribution in [3.63, 3.8) is 0 Å². The molecule has 9 rings (SSSR count). The summed E-state index contributed by atoms with van der Waals surface area (Å²) in [6.07, 6.45) is 17.9. The van der Waals surface area contributed by atoms with Gasteiger partial charge < -0.3 is 4.98 Å². The first-order valence-electron chi connectivity index (χ1n) is 37.8. The molecule has 105 heavy (non-hydrogen) atoms. The van der Waals surface area contributed by atoms with E-state index in [-0.39, 0.29) is 62.8 Å². The Balaban J connectivity index is 0.0000139. The van der Waals surface area contributed by atoms with Gasteiger partial charge in [0, 0.05) is 37.6 Å². The third-order valence-corrected chi connectivity index (χ3v) is 29.5. The van der Waals surface area contributed by atoms with E-state index in [1.54, 1.807) is 0 Å². The van der Waals surface area contributed by atoms with Gasteiger partial charge in [-0.2, -0.15) is 12.1 Å². The fraction of sp³-hybridized carbons (Fsp3) is 0.471. The van der Waals surface area contributed by atoms with Crippen LogP contribution in [0.1, 0.15) is 222 Å². The van der Waals surface area contributed by atoms with E-state index in [4.69, 9.17) is 15.0 Å². The maximum Gasteiger partial charge on any atom is 2.00 e. The van der Waals surface area contributed by atoms with Crippen LogP contribution < -0.4 is 23.9 Å². The van der Waals surface area contributed by atoms with Crippen LogP contribution in [0, 0.1) is 107 Å². The smallest absolute Gasteiger partial charge is 0.657 e. The van der Waals surface area contributed by atoms with Crippen LogP contribution in [0.2, 0.25) is 0 Å². The van der Waals surface area contributed by atoms with Gasteiger partial charge in [0.2, 0.25) is 40.1 Å². The van der Waals surface area contributed by atoms with Gasteiger partial charge in [0.25, 0.3) is 0 Å². The number of aryl methyl sites for hydroxylation is 8. The molecule has 0 fully saturated rings. The second-order valence-corrected chi connectivity index (χ2v) is 36.2. The zero-order valence-electron chi connectivity index (χ0n) is 65.7. The Morgan fingerprint density at radius 2 is 0.543 bits per heavy atom. The number of sulfonamides is 4. The predicted octanol–water partition coefficient (Wildman–Crippen LogP) is 19.5. The standard InChI is InChI=1S/C85H113N7O8S4.Mn/c1-21-62(22-2)37-41-86-101(93,94)82-54(13)45-50(9)74(58(82)17)78-66-29-30-67(49-66)79(75-51(10)46-55(14)83(59(75)18)102(95,96)87-42-38-63(23-3)24-4)69-32-34-71(91-69)81(77-53(12)48-57(16)85(61(77)20)104(99,100)89-44-40-65(27-7)28-8)73-36-35-72(92-73)80(70-33-31-68(78)90-70)76-52(11)47-56(15)84(60(76)19)103(97,98)88-43-39-64(25-5)26-6;/h29-36,45-49,62-65,86-89H,21-28,37-44H2,1-20H3;/q-2;+2. The zero-order valence-corrected chi connectivity index (χ0v) is 70.2. The molecule has 0 aliphatic carbocycles. The van der Waals surface area contributed by atoms with Crippen molar-refractivity contribution in [3.05, 3.63) is 144 Å². The molecule has 0 spiro atoms. The Kier molecular flexibility index (Phi) is 28.1. The molecular formula is C85H113MnN7O8S4. The molecule has 567 valence electrons. The van der Waals surface area contributed by atoms with Crippen molar-refractivity contribution < 1.29 is 50.7 Å². The van der Waals surface area contributed by atoms with E-state index >= 15 is 33.7 Å². The number of rotatable bonds is 32. The van der Waals surface area contributed by atoms with Gasteiger partial charge in [0.05, 0.1) is 31.0 Å². The van der Waals surface area contributed by atoms with Crippen molar-refractivity contribution in [3.8, 4) is 44.5 Å².